The second-order valence-electron chi connectivity index (χ2n) is 5.00. The summed E-state index contributed by atoms with van der Waals surface area (Å²) in [4.78, 5) is 6.45. The molecular formula is C12H24N4. The number of hydrogen-bond acceptors (Lipinski definition) is 3. The van der Waals surface area contributed by atoms with Gasteiger partial charge in [-0.05, 0) is 48.0 Å². The van der Waals surface area contributed by atoms with Crippen LogP contribution in [0.5, 0.6) is 0 Å². The van der Waals surface area contributed by atoms with Crippen LogP contribution in [0.1, 0.15) is 26.0 Å². The van der Waals surface area contributed by atoms with Crippen LogP contribution in [0.4, 0.5) is 0 Å². The van der Waals surface area contributed by atoms with Gasteiger partial charge in [0.05, 0.1) is 17.6 Å². The molecule has 16 heavy (non-hydrogen) atoms. The van der Waals surface area contributed by atoms with Crippen molar-refractivity contribution in [3.05, 3.63) is 18.2 Å². The van der Waals surface area contributed by atoms with E-state index in [1.54, 1.807) is 0 Å². The van der Waals surface area contributed by atoms with Crippen molar-refractivity contribution in [2.24, 2.45) is 0 Å². The predicted molar refractivity (Wildman–Crippen MR) is 67.5 cm³/mol. The van der Waals surface area contributed by atoms with Crippen molar-refractivity contribution in [3.8, 4) is 0 Å². The molecule has 0 fully saturated rings. The lowest BCUT2D eigenvalue weighted by atomic mass is 10.0. The van der Waals surface area contributed by atoms with Gasteiger partial charge < -0.3 is 14.8 Å². The Bertz CT molecular complexity index is 315. The van der Waals surface area contributed by atoms with Gasteiger partial charge in [-0.2, -0.15) is 0 Å². The Labute approximate surface area is 98.7 Å². The van der Waals surface area contributed by atoms with Gasteiger partial charge in [0.1, 0.15) is 0 Å². The maximum atomic E-state index is 4.24. The molecule has 0 bridgehead atoms. The van der Waals surface area contributed by atoms with Gasteiger partial charge in [0.15, 0.2) is 0 Å². The molecule has 1 aromatic rings. The fourth-order valence-corrected chi connectivity index (χ4v) is 1.70. The number of aromatic nitrogens is 2. The van der Waals surface area contributed by atoms with Crippen LogP contribution in [-0.2, 0) is 12.1 Å². The van der Waals surface area contributed by atoms with Crippen LogP contribution in [0.2, 0.25) is 0 Å². The van der Waals surface area contributed by atoms with Gasteiger partial charge in [0.2, 0.25) is 0 Å². The van der Waals surface area contributed by atoms with E-state index in [2.05, 4.69) is 47.7 Å². The number of nitrogens with one attached hydrogen (secondary N) is 1. The van der Waals surface area contributed by atoms with Gasteiger partial charge >= 0.3 is 0 Å². The first-order valence-electron chi connectivity index (χ1n) is 5.81. The molecular weight excluding hydrogens is 200 g/mol. The normalized spacial score (nSPS) is 12.4. The van der Waals surface area contributed by atoms with Crippen LogP contribution in [-0.4, -0.2) is 42.1 Å². The van der Waals surface area contributed by atoms with E-state index in [1.165, 1.54) is 5.69 Å². The first kappa shape index (κ1) is 13.2. The molecule has 0 atom stereocenters. The van der Waals surface area contributed by atoms with E-state index >= 15 is 0 Å². The molecule has 0 aliphatic carbocycles. The summed E-state index contributed by atoms with van der Waals surface area (Å²) in [6, 6.07) is 0. The molecule has 0 amide bonds. The van der Waals surface area contributed by atoms with Crippen molar-refractivity contribution in [1.82, 2.24) is 19.8 Å². The van der Waals surface area contributed by atoms with E-state index in [1.807, 2.05) is 19.6 Å². The predicted octanol–water partition coefficient (Wildman–Crippen LogP) is 1.29. The molecule has 0 spiro atoms. The lowest BCUT2D eigenvalue weighted by molar-refractivity contribution is 0.369. The number of hydrogen-bond donors (Lipinski definition) is 1. The lowest BCUT2D eigenvalue weighted by Crippen LogP contribution is -2.35. The van der Waals surface area contributed by atoms with Crippen molar-refractivity contribution in [1.29, 1.82) is 0 Å². The molecule has 4 heteroatoms. The highest BCUT2D eigenvalue weighted by Gasteiger charge is 2.21. The Morgan fingerprint density at radius 1 is 1.44 bits per heavy atom. The smallest absolute Gasteiger partial charge is 0.0948 e. The van der Waals surface area contributed by atoms with Gasteiger partial charge in [-0.3, -0.25) is 0 Å². The minimum Gasteiger partial charge on any atom is -0.333 e. The molecule has 1 N–H and O–H groups in total. The lowest BCUT2D eigenvalue weighted by Gasteiger charge is -2.25. The zero-order chi connectivity index (χ0) is 12.2. The molecule has 0 unspecified atom stereocenters. The van der Waals surface area contributed by atoms with Gasteiger partial charge in [-0.15, -0.1) is 0 Å². The Kier molecular flexibility index (Phi) is 4.50. The third-order valence-electron chi connectivity index (χ3n) is 2.98. The van der Waals surface area contributed by atoms with Crippen LogP contribution >= 0.6 is 0 Å². The van der Waals surface area contributed by atoms with Crippen LogP contribution in [0.15, 0.2) is 12.5 Å². The topological polar surface area (TPSA) is 33.1 Å². The largest absolute Gasteiger partial charge is 0.333 e. The number of imidazole rings is 1. The van der Waals surface area contributed by atoms with Gasteiger partial charge in [0, 0.05) is 12.7 Å². The Balaban J connectivity index is 2.64. The molecule has 0 radical (unpaired) electrons. The van der Waals surface area contributed by atoms with Crippen molar-refractivity contribution < 1.29 is 0 Å². The Morgan fingerprint density at radius 2 is 2.12 bits per heavy atom. The molecule has 0 aliphatic rings. The third-order valence-corrected chi connectivity index (χ3v) is 2.98. The molecule has 0 saturated heterocycles. The minimum absolute atomic E-state index is 0.0192. The van der Waals surface area contributed by atoms with Crippen molar-refractivity contribution in [3.63, 3.8) is 0 Å². The van der Waals surface area contributed by atoms with Crippen molar-refractivity contribution in [2.75, 3.05) is 27.7 Å². The molecule has 4 nitrogen and oxygen atoms in total. The first-order chi connectivity index (χ1) is 7.47. The van der Waals surface area contributed by atoms with Crippen LogP contribution < -0.4 is 5.32 Å². The highest BCUT2D eigenvalue weighted by atomic mass is 15.1. The summed E-state index contributed by atoms with van der Waals surface area (Å²) >= 11 is 0. The quantitative estimate of drug-likeness (QED) is 0.790. The summed E-state index contributed by atoms with van der Waals surface area (Å²) in [5, 5.41) is 3.31. The number of rotatable bonds is 6. The molecule has 92 valence electrons. The van der Waals surface area contributed by atoms with Crippen LogP contribution in [0.25, 0.3) is 0 Å². The maximum Gasteiger partial charge on any atom is 0.0948 e. The summed E-state index contributed by atoms with van der Waals surface area (Å²) < 4.78 is 2.24. The minimum atomic E-state index is -0.0192. The molecule has 0 aliphatic heterocycles. The first-order valence-corrected chi connectivity index (χ1v) is 5.81. The highest BCUT2D eigenvalue weighted by Crippen LogP contribution is 2.18. The van der Waals surface area contributed by atoms with Gasteiger partial charge in [-0.1, -0.05) is 0 Å². The standard InChI is InChI=1S/C12H24N4/c1-12(2,13-3)11-9-14-10-16(11)8-6-7-15(4)5/h9-10,13H,6-8H2,1-5H3. The van der Waals surface area contributed by atoms with E-state index in [9.17, 15) is 0 Å². The number of aryl methyl sites for hydroxylation is 1. The molecule has 0 aromatic carbocycles. The van der Waals surface area contributed by atoms with Crippen molar-refractivity contribution >= 4 is 0 Å². The zero-order valence-electron chi connectivity index (χ0n) is 11.1. The average Bonchev–Trinajstić information content (AvgIpc) is 2.66. The Hall–Kier alpha value is -0.870. The summed E-state index contributed by atoms with van der Waals surface area (Å²) in [6.07, 6.45) is 5.02. The summed E-state index contributed by atoms with van der Waals surface area (Å²) in [7, 11) is 6.19. The molecule has 1 rings (SSSR count). The summed E-state index contributed by atoms with van der Waals surface area (Å²) in [5.74, 6) is 0. The van der Waals surface area contributed by atoms with Gasteiger partial charge in [-0.25, -0.2) is 4.98 Å². The van der Waals surface area contributed by atoms with Crippen LogP contribution in [0, 0.1) is 0 Å². The zero-order valence-corrected chi connectivity index (χ0v) is 11.1. The fourth-order valence-electron chi connectivity index (χ4n) is 1.70. The number of nitrogens with zero attached hydrogens (tertiary/aromatic N) is 3. The molecule has 1 heterocycles. The van der Waals surface area contributed by atoms with Crippen molar-refractivity contribution in [2.45, 2.75) is 32.4 Å². The van der Waals surface area contributed by atoms with E-state index < -0.39 is 0 Å². The summed E-state index contributed by atoms with van der Waals surface area (Å²) in [5.41, 5.74) is 1.22. The SMILES string of the molecule is CNC(C)(C)c1cncn1CCCN(C)C. The average molecular weight is 224 g/mol. The highest BCUT2D eigenvalue weighted by molar-refractivity contribution is 5.10. The van der Waals surface area contributed by atoms with E-state index in [4.69, 9.17) is 0 Å². The second kappa shape index (κ2) is 5.46. The second-order valence-corrected chi connectivity index (χ2v) is 5.00. The van der Waals surface area contributed by atoms with E-state index in [0.717, 1.165) is 19.5 Å². The molecule has 0 saturated carbocycles. The Morgan fingerprint density at radius 3 is 2.69 bits per heavy atom. The van der Waals surface area contributed by atoms with Gasteiger partial charge in [0.25, 0.3) is 0 Å². The molecule has 1 aromatic heterocycles. The summed E-state index contributed by atoms with van der Waals surface area (Å²) in [6.45, 7) is 6.48. The monoisotopic (exact) mass is 224 g/mol. The fraction of sp³-hybridized carbons (Fsp3) is 0.750. The van der Waals surface area contributed by atoms with E-state index in [-0.39, 0.29) is 5.54 Å². The maximum absolute atomic E-state index is 4.24. The van der Waals surface area contributed by atoms with Crippen LogP contribution in [0.3, 0.4) is 0 Å². The third kappa shape index (κ3) is 3.32. The van der Waals surface area contributed by atoms with E-state index in [0.29, 0.717) is 0 Å².